The normalized spacial score (nSPS) is 20.6. The number of halogens is 2. The Morgan fingerprint density at radius 3 is 2.62 bits per heavy atom. The van der Waals surface area contributed by atoms with Gasteiger partial charge in [0, 0.05) is 30.1 Å². The summed E-state index contributed by atoms with van der Waals surface area (Å²) < 4.78 is 13.1. The van der Waals surface area contributed by atoms with Crippen molar-refractivity contribution in [3.05, 3.63) is 45.9 Å². The number of aryl methyl sites for hydroxylation is 1. The second-order valence-electron chi connectivity index (χ2n) is 6.07. The van der Waals surface area contributed by atoms with Crippen LogP contribution in [0.25, 0.3) is 11.1 Å². The first-order chi connectivity index (χ1) is 11.0. The van der Waals surface area contributed by atoms with E-state index >= 15 is 0 Å². The van der Waals surface area contributed by atoms with Crippen molar-refractivity contribution in [3.8, 4) is 11.1 Å². The van der Waals surface area contributed by atoms with E-state index in [4.69, 9.17) is 0 Å². The molecule has 0 spiro atoms. The molecule has 2 atom stereocenters. The summed E-state index contributed by atoms with van der Waals surface area (Å²) in [6.07, 6.45) is 0. The minimum Gasteiger partial charge on any atom is -0.332 e. The van der Waals surface area contributed by atoms with Gasteiger partial charge in [0.2, 0.25) is 0 Å². The second kappa shape index (κ2) is 7.64. The molecule has 2 aromatic rings. The molecule has 1 fully saturated rings. The molecule has 1 saturated heterocycles. The Balaban J connectivity index is 0.00000208. The van der Waals surface area contributed by atoms with Gasteiger partial charge in [-0.1, -0.05) is 12.1 Å². The highest BCUT2D eigenvalue weighted by Crippen LogP contribution is 2.32. The largest absolute Gasteiger partial charge is 0.332 e. The molecule has 130 valence electrons. The Morgan fingerprint density at radius 1 is 1.29 bits per heavy atom. The number of thiophene rings is 1. The highest BCUT2D eigenvalue weighted by atomic mass is 35.5. The molecule has 1 amide bonds. The maximum Gasteiger partial charge on any atom is 0.264 e. The first-order valence-electron chi connectivity index (χ1n) is 7.88. The quantitative estimate of drug-likeness (QED) is 0.865. The molecule has 0 radical (unpaired) electrons. The molecular formula is C18H22ClFN2OS. The number of nitrogens with zero attached hydrogens (tertiary/aromatic N) is 1. The molecule has 1 N–H and O–H groups in total. The number of hydrogen-bond donors (Lipinski definition) is 1. The fourth-order valence-corrected chi connectivity index (χ4v) is 3.99. The fourth-order valence-electron chi connectivity index (χ4n) is 2.99. The minimum atomic E-state index is -0.249. The molecule has 0 aliphatic carbocycles. The van der Waals surface area contributed by atoms with Crippen LogP contribution >= 0.6 is 23.7 Å². The van der Waals surface area contributed by atoms with Gasteiger partial charge in [0.1, 0.15) is 5.82 Å². The van der Waals surface area contributed by atoms with Crippen molar-refractivity contribution >= 4 is 29.7 Å². The zero-order chi connectivity index (χ0) is 16.6. The van der Waals surface area contributed by atoms with Crippen molar-refractivity contribution in [1.29, 1.82) is 0 Å². The number of amides is 1. The van der Waals surface area contributed by atoms with Gasteiger partial charge < -0.3 is 10.2 Å². The molecule has 24 heavy (non-hydrogen) atoms. The van der Waals surface area contributed by atoms with Gasteiger partial charge in [-0.2, -0.15) is 0 Å². The molecule has 6 heteroatoms. The van der Waals surface area contributed by atoms with E-state index in [2.05, 4.69) is 19.2 Å². The van der Waals surface area contributed by atoms with Gasteiger partial charge in [0.05, 0.1) is 4.88 Å². The van der Waals surface area contributed by atoms with E-state index in [1.807, 2.05) is 17.9 Å². The standard InChI is InChI=1S/C18H21FN2OS.ClH/c1-11-12(2)21(9-8-20-11)18(22)17-10-16(13(3)23-17)14-4-6-15(19)7-5-14;/h4-7,10-12,20H,8-9H2,1-3H3;1H. The number of carbonyl (C=O) groups excluding carboxylic acids is 1. The van der Waals surface area contributed by atoms with Crippen molar-refractivity contribution in [2.75, 3.05) is 13.1 Å². The lowest BCUT2D eigenvalue weighted by Crippen LogP contribution is -2.57. The molecule has 3 rings (SSSR count). The molecule has 3 nitrogen and oxygen atoms in total. The van der Waals surface area contributed by atoms with Gasteiger partial charge in [-0.3, -0.25) is 4.79 Å². The third kappa shape index (κ3) is 3.63. The first-order valence-corrected chi connectivity index (χ1v) is 8.69. The third-order valence-electron chi connectivity index (χ3n) is 4.58. The molecule has 0 bridgehead atoms. The summed E-state index contributed by atoms with van der Waals surface area (Å²) >= 11 is 1.51. The van der Waals surface area contributed by atoms with Crippen molar-refractivity contribution in [3.63, 3.8) is 0 Å². The van der Waals surface area contributed by atoms with E-state index in [9.17, 15) is 9.18 Å². The Hall–Kier alpha value is -1.43. The highest BCUT2D eigenvalue weighted by molar-refractivity contribution is 7.14. The fraction of sp³-hybridized carbons (Fsp3) is 0.389. The van der Waals surface area contributed by atoms with Crippen LogP contribution in [0.5, 0.6) is 0 Å². The van der Waals surface area contributed by atoms with Crippen LogP contribution in [0.4, 0.5) is 4.39 Å². The summed E-state index contributed by atoms with van der Waals surface area (Å²) in [6, 6.07) is 8.83. The Bertz CT molecular complexity index is 716. The van der Waals surface area contributed by atoms with E-state index in [-0.39, 0.29) is 30.2 Å². The molecule has 1 aromatic carbocycles. The number of nitrogens with one attached hydrogen (secondary N) is 1. The predicted molar refractivity (Wildman–Crippen MR) is 99.7 cm³/mol. The average Bonchev–Trinajstić information content (AvgIpc) is 2.92. The van der Waals surface area contributed by atoms with E-state index in [0.29, 0.717) is 6.04 Å². The summed E-state index contributed by atoms with van der Waals surface area (Å²) in [5, 5.41) is 3.39. The summed E-state index contributed by atoms with van der Waals surface area (Å²) in [5.74, 6) is -0.158. The summed E-state index contributed by atoms with van der Waals surface area (Å²) in [7, 11) is 0. The van der Waals surface area contributed by atoms with Crippen LogP contribution in [0.1, 0.15) is 28.4 Å². The SMILES string of the molecule is Cc1sc(C(=O)N2CCNC(C)C2C)cc1-c1ccc(F)cc1.Cl. The van der Waals surface area contributed by atoms with Crippen molar-refractivity contribution < 1.29 is 9.18 Å². The van der Waals surface area contributed by atoms with E-state index in [0.717, 1.165) is 34.0 Å². The molecule has 1 aromatic heterocycles. The number of carbonyl (C=O) groups is 1. The van der Waals surface area contributed by atoms with Crippen LogP contribution < -0.4 is 5.32 Å². The maximum atomic E-state index is 13.1. The lowest BCUT2D eigenvalue weighted by Gasteiger charge is -2.38. The van der Waals surface area contributed by atoms with E-state index in [1.54, 1.807) is 12.1 Å². The minimum absolute atomic E-state index is 0. The van der Waals surface area contributed by atoms with Gasteiger partial charge in [-0.15, -0.1) is 23.7 Å². The molecule has 2 unspecified atom stereocenters. The lowest BCUT2D eigenvalue weighted by molar-refractivity contribution is 0.0608. The Morgan fingerprint density at radius 2 is 1.96 bits per heavy atom. The van der Waals surface area contributed by atoms with E-state index < -0.39 is 0 Å². The van der Waals surface area contributed by atoms with Crippen molar-refractivity contribution in [2.24, 2.45) is 0 Å². The molecule has 1 aliphatic heterocycles. The number of piperazine rings is 1. The topological polar surface area (TPSA) is 32.3 Å². The van der Waals surface area contributed by atoms with Crippen molar-refractivity contribution in [2.45, 2.75) is 32.9 Å². The van der Waals surface area contributed by atoms with Gasteiger partial charge in [0.15, 0.2) is 0 Å². The monoisotopic (exact) mass is 368 g/mol. The zero-order valence-corrected chi connectivity index (χ0v) is 15.6. The Kier molecular flexibility index (Phi) is 6.01. The van der Waals surface area contributed by atoms with E-state index in [1.165, 1.54) is 23.5 Å². The summed E-state index contributed by atoms with van der Waals surface area (Å²) in [5.41, 5.74) is 1.95. The summed E-state index contributed by atoms with van der Waals surface area (Å²) in [6.45, 7) is 7.74. The highest BCUT2D eigenvalue weighted by Gasteiger charge is 2.29. The molecule has 2 heterocycles. The molecular weight excluding hydrogens is 347 g/mol. The van der Waals surface area contributed by atoms with Gasteiger partial charge in [-0.05, 0) is 50.1 Å². The number of benzene rings is 1. The summed E-state index contributed by atoms with van der Waals surface area (Å²) in [4.78, 5) is 16.6. The van der Waals surface area contributed by atoms with Crippen LogP contribution in [0.3, 0.4) is 0 Å². The van der Waals surface area contributed by atoms with Gasteiger partial charge in [-0.25, -0.2) is 4.39 Å². The predicted octanol–water partition coefficient (Wildman–Crippen LogP) is 4.11. The lowest BCUT2D eigenvalue weighted by atomic mass is 10.1. The van der Waals surface area contributed by atoms with Crippen LogP contribution in [-0.2, 0) is 0 Å². The van der Waals surface area contributed by atoms with Crippen LogP contribution in [-0.4, -0.2) is 36.0 Å². The van der Waals surface area contributed by atoms with Gasteiger partial charge in [0.25, 0.3) is 5.91 Å². The van der Waals surface area contributed by atoms with Crippen LogP contribution in [0.15, 0.2) is 30.3 Å². The second-order valence-corrected chi connectivity index (χ2v) is 7.33. The Labute approximate surface area is 152 Å². The number of rotatable bonds is 2. The zero-order valence-electron chi connectivity index (χ0n) is 14.0. The number of hydrogen-bond acceptors (Lipinski definition) is 3. The van der Waals surface area contributed by atoms with Crippen LogP contribution in [0, 0.1) is 12.7 Å². The van der Waals surface area contributed by atoms with Crippen LogP contribution in [0.2, 0.25) is 0 Å². The maximum absolute atomic E-state index is 13.1. The average molecular weight is 369 g/mol. The van der Waals surface area contributed by atoms with Gasteiger partial charge >= 0.3 is 0 Å². The smallest absolute Gasteiger partial charge is 0.264 e. The first kappa shape index (κ1) is 18.9. The molecule has 0 saturated carbocycles. The molecule has 1 aliphatic rings. The van der Waals surface area contributed by atoms with Crippen molar-refractivity contribution in [1.82, 2.24) is 10.2 Å². The third-order valence-corrected chi connectivity index (χ3v) is 5.62.